The van der Waals surface area contributed by atoms with Crippen molar-refractivity contribution >= 4 is 34.9 Å². The number of aromatic nitrogens is 4. The van der Waals surface area contributed by atoms with Gasteiger partial charge in [0.05, 0.1) is 33.1 Å². The van der Waals surface area contributed by atoms with E-state index in [4.69, 9.17) is 16.6 Å². The zero-order chi connectivity index (χ0) is 37.9. The summed E-state index contributed by atoms with van der Waals surface area (Å²) in [6.07, 6.45) is 6.95. The molecule has 4 aliphatic rings. The molecule has 2 saturated carbocycles. The predicted molar refractivity (Wildman–Crippen MR) is 203 cm³/mol. The molecule has 0 unspecified atom stereocenters. The van der Waals surface area contributed by atoms with Crippen LogP contribution in [-0.2, 0) is 51.2 Å². The summed E-state index contributed by atoms with van der Waals surface area (Å²) in [5, 5.41) is 23.4. The minimum atomic E-state index is -0.630. The van der Waals surface area contributed by atoms with Crippen LogP contribution in [0.1, 0.15) is 93.7 Å². The van der Waals surface area contributed by atoms with Gasteiger partial charge in [-0.05, 0) is 69.2 Å². The Morgan fingerprint density at radius 1 is 0.907 bits per heavy atom. The Hall–Kier alpha value is -4.83. The molecule has 2 aliphatic heterocycles. The van der Waals surface area contributed by atoms with Crippen LogP contribution in [0, 0.1) is 22.2 Å². The van der Waals surface area contributed by atoms with Crippen LogP contribution in [0.15, 0.2) is 36.4 Å². The number of hydrogen-bond acceptors (Lipinski definition) is 8. The van der Waals surface area contributed by atoms with E-state index in [2.05, 4.69) is 26.2 Å². The summed E-state index contributed by atoms with van der Waals surface area (Å²) in [4.78, 5) is 53.3. The number of nitriles is 1. The number of anilines is 1. The molecule has 0 saturated heterocycles. The Bertz CT molecular complexity index is 2240. The summed E-state index contributed by atoms with van der Waals surface area (Å²) in [7, 11) is 5.78. The van der Waals surface area contributed by atoms with Crippen LogP contribution in [0.4, 0.5) is 5.69 Å². The summed E-state index contributed by atoms with van der Waals surface area (Å²) in [6.45, 7) is 3.99. The minimum absolute atomic E-state index is 0.0118. The van der Waals surface area contributed by atoms with Crippen molar-refractivity contribution in [1.82, 2.24) is 28.9 Å². The number of halogens is 1. The van der Waals surface area contributed by atoms with Crippen LogP contribution in [0.3, 0.4) is 0 Å². The molecule has 0 radical (unpaired) electrons. The number of carboxylic acids is 1. The number of Topliss-reactive ketones (excluding diaryl/α,β-unsaturated/α-hetero) is 1. The lowest BCUT2D eigenvalue weighted by molar-refractivity contribution is -0.148. The van der Waals surface area contributed by atoms with Crippen molar-refractivity contribution in [3.8, 4) is 17.2 Å². The molecule has 13 heteroatoms. The Morgan fingerprint density at radius 3 is 2.30 bits per heavy atom. The van der Waals surface area contributed by atoms with Gasteiger partial charge in [-0.1, -0.05) is 41.9 Å². The summed E-state index contributed by atoms with van der Waals surface area (Å²) in [5.41, 5.74) is 5.97. The van der Waals surface area contributed by atoms with Gasteiger partial charge in [0.1, 0.15) is 6.07 Å². The lowest BCUT2D eigenvalue weighted by Crippen LogP contribution is -2.34. The molecule has 2 aromatic heterocycles. The van der Waals surface area contributed by atoms with E-state index in [0.717, 1.165) is 93.8 Å². The Kier molecular flexibility index (Phi) is 9.23. The molecular formula is C41H45ClN8O4. The molecule has 2 bridgehead atoms. The van der Waals surface area contributed by atoms with Crippen molar-refractivity contribution in [1.29, 1.82) is 5.26 Å². The summed E-state index contributed by atoms with van der Waals surface area (Å²) >= 11 is 6.97. The van der Waals surface area contributed by atoms with Crippen molar-refractivity contribution in [2.75, 3.05) is 32.0 Å². The van der Waals surface area contributed by atoms with Gasteiger partial charge in [-0.2, -0.15) is 5.26 Å². The van der Waals surface area contributed by atoms with E-state index < -0.39 is 11.4 Å². The van der Waals surface area contributed by atoms with E-state index in [1.807, 2.05) is 36.3 Å². The monoisotopic (exact) mass is 748 g/mol. The molecule has 280 valence electrons. The number of nitrogens with zero attached hydrogens (tertiary/aromatic N) is 7. The van der Waals surface area contributed by atoms with Crippen molar-refractivity contribution in [2.24, 2.45) is 24.9 Å². The van der Waals surface area contributed by atoms with E-state index in [1.165, 1.54) is 0 Å². The summed E-state index contributed by atoms with van der Waals surface area (Å²) in [6, 6.07) is 13.0. The second-order valence-electron chi connectivity index (χ2n) is 16.0. The van der Waals surface area contributed by atoms with Gasteiger partial charge in [0, 0.05) is 82.1 Å². The van der Waals surface area contributed by atoms with Crippen LogP contribution >= 0.6 is 11.6 Å². The average molecular weight is 749 g/mol. The van der Waals surface area contributed by atoms with E-state index in [-0.39, 0.29) is 28.5 Å². The second-order valence-corrected chi connectivity index (χ2v) is 16.4. The molecule has 4 aromatic rings. The summed E-state index contributed by atoms with van der Waals surface area (Å²) < 4.78 is 3.74. The number of likely N-dealkylation sites (N-methyl/N-ethyl adjacent to an activating group) is 1. The number of imidazole rings is 2. The number of hydrogen-bond donors (Lipinski definition) is 2. The fourth-order valence-corrected chi connectivity index (χ4v) is 9.88. The number of carbonyl (C=O) groups is 3. The van der Waals surface area contributed by atoms with Gasteiger partial charge in [0.25, 0.3) is 5.91 Å². The SMILES string of the molecule is CN1CCc2c(nc(C(=O)Cc3cccc(-c4cccc(NC(=O)c5nc6c(n5C)CCN(CCC57CCC(C(=O)O)(CC5)C7)C6)c4Cl)c3C#N)n2C)C1. The minimum Gasteiger partial charge on any atom is -0.481 e. The molecule has 0 spiro atoms. The van der Waals surface area contributed by atoms with E-state index in [9.17, 15) is 24.8 Å². The highest BCUT2D eigenvalue weighted by Crippen LogP contribution is 2.63. The Labute approximate surface area is 319 Å². The number of aliphatic carboxylic acids is 1. The number of nitrogens with one attached hydrogen (secondary N) is 1. The maximum Gasteiger partial charge on any atom is 0.309 e. The van der Waals surface area contributed by atoms with Crippen molar-refractivity contribution < 1.29 is 19.5 Å². The van der Waals surface area contributed by atoms with E-state index >= 15 is 0 Å². The molecule has 8 rings (SSSR count). The van der Waals surface area contributed by atoms with Gasteiger partial charge < -0.3 is 24.5 Å². The predicted octanol–water partition coefficient (Wildman–Crippen LogP) is 5.79. The Morgan fingerprint density at radius 2 is 1.57 bits per heavy atom. The number of carbonyl (C=O) groups excluding carboxylic acids is 2. The molecule has 12 nitrogen and oxygen atoms in total. The largest absolute Gasteiger partial charge is 0.481 e. The first-order valence-electron chi connectivity index (χ1n) is 18.8. The molecule has 2 aromatic carbocycles. The van der Waals surface area contributed by atoms with Crippen LogP contribution in [-0.4, -0.2) is 78.4 Å². The van der Waals surface area contributed by atoms with Gasteiger partial charge in [0.15, 0.2) is 11.6 Å². The zero-order valence-electron chi connectivity index (χ0n) is 31.0. The third kappa shape index (κ3) is 6.22. The van der Waals surface area contributed by atoms with Crippen LogP contribution in [0.2, 0.25) is 5.02 Å². The molecule has 0 atom stereocenters. The van der Waals surface area contributed by atoms with Crippen LogP contribution < -0.4 is 5.32 Å². The number of carboxylic acid groups (broad SMARTS) is 1. The molecule has 2 N–H and O–H groups in total. The maximum atomic E-state index is 13.7. The summed E-state index contributed by atoms with van der Waals surface area (Å²) in [5.74, 6) is -0.496. The van der Waals surface area contributed by atoms with Gasteiger partial charge in [-0.3, -0.25) is 19.3 Å². The first-order valence-corrected chi connectivity index (χ1v) is 19.2. The molecule has 4 heterocycles. The van der Waals surface area contributed by atoms with Crippen LogP contribution in [0.25, 0.3) is 11.1 Å². The first-order chi connectivity index (χ1) is 25.9. The number of ketones is 1. The molecule has 2 aliphatic carbocycles. The highest BCUT2D eigenvalue weighted by Gasteiger charge is 2.57. The van der Waals surface area contributed by atoms with Crippen molar-refractivity contribution in [3.05, 3.63) is 87.0 Å². The first kappa shape index (κ1) is 36.2. The highest BCUT2D eigenvalue weighted by molar-refractivity contribution is 6.36. The number of amides is 1. The van der Waals surface area contributed by atoms with Crippen molar-refractivity contribution in [3.63, 3.8) is 0 Å². The van der Waals surface area contributed by atoms with E-state index in [1.54, 1.807) is 30.3 Å². The molecular weight excluding hydrogens is 704 g/mol. The molecule has 54 heavy (non-hydrogen) atoms. The second kappa shape index (κ2) is 13.8. The maximum absolute atomic E-state index is 13.7. The zero-order valence-corrected chi connectivity index (χ0v) is 31.8. The van der Waals surface area contributed by atoms with Crippen molar-refractivity contribution in [2.45, 2.75) is 70.9 Å². The normalized spacial score (nSPS) is 22.1. The molecule has 1 amide bonds. The number of fused-ring (bicyclic) bond motifs is 4. The van der Waals surface area contributed by atoms with Gasteiger partial charge in [-0.25, -0.2) is 9.97 Å². The fourth-order valence-electron chi connectivity index (χ4n) is 9.61. The lowest BCUT2D eigenvalue weighted by Gasteiger charge is -2.32. The van der Waals surface area contributed by atoms with Gasteiger partial charge >= 0.3 is 5.97 Å². The third-order valence-electron chi connectivity index (χ3n) is 12.8. The van der Waals surface area contributed by atoms with E-state index in [0.29, 0.717) is 52.7 Å². The standard InChI is InChI=1S/C41H45ClN8O4/c1-47-17-10-32-30(22-47)44-36(48(32)2)34(51)20-25-6-4-7-26(28(25)21-43)27-8-5-9-29(35(27)42)46-38(52)37-45-31-23-50(18-11-33(31)49(37)3)19-16-40-12-14-41(24-40,15-13-40)39(53)54/h4-9H,10-20,22-24H2,1-3H3,(H,46,52)(H,53,54). The number of benzene rings is 2. The van der Waals surface area contributed by atoms with Crippen LogP contribution in [0.5, 0.6) is 0 Å². The highest BCUT2D eigenvalue weighted by atomic mass is 35.5. The fraction of sp³-hybridized carbons (Fsp3) is 0.463. The lowest BCUT2D eigenvalue weighted by atomic mass is 9.80. The van der Waals surface area contributed by atoms with Gasteiger partial charge in [0.2, 0.25) is 5.78 Å². The average Bonchev–Trinajstić information content (AvgIpc) is 3.91. The smallest absolute Gasteiger partial charge is 0.309 e. The number of rotatable bonds is 10. The topological polar surface area (TPSA) is 149 Å². The quantitative estimate of drug-likeness (QED) is 0.192. The Balaban J connectivity index is 0.966. The third-order valence-corrected chi connectivity index (χ3v) is 13.2. The molecule has 2 fully saturated rings. The van der Waals surface area contributed by atoms with Gasteiger partial charge in [-0.15, -0.1) is 0 Å².